The summed E-state index contributed by atoms with van der Waals surface area (Å²) >= 11 is 0. The summed E-state index contributed by atoms with van der Waals surface area (Å²) in [4.78, 5) is 21.5. The Morgan fingerprint density at radius 2 is 1.94 bits per heavy atom. The first-order valence-corrected chi connectivity index (χ1v) is 12.2. The van der Waals surface area contributed by atoms with Gasteiger partial charge in [-0.15, -0.1) is 10.2 Å². The molecule has 3 heterocycles. The second kappa shape index (κ2) is 10.9. The van der Waals surface area contributed by atoms with E-state index in [0.29, 0.717) is 12.6 Å². The third kappa shape index (κ3) is 6.41. The highest BCUT2D eigenvalue weighted by molar-refractivity contribution is 5.80. The van der Waals surface area contributed by atoms with Gasteiger partial charge < -0.3 is 20.1 Å². The largest absolute Gasteiger partial charge is 0.357 e. The molecule has 0 aromatic carbocycles. The number of hydrogen-bond donors (Lipinski definition) is 2. The van der Waals surface area contributed by atoms with Crippen molar-refractivity contribution in [2.24, 2.45) is 4.99 Å². The Labute approximate surface area is 185 Å². The normalized spacial score (nSPS) is 20.3. The van der Waals surface area contributed by atoms with Crippen LogP contribution in [0.1, 0.15) is 57.1 Å². The fourth-order valence-corrected chi connectivity index (χ4v) is 4.40. The lowest BCUT2D eigenvalue weighted by Gasteiger charge is -2.36. The molecular formula is C22H38N8O. The zero-order valence-electron chi connectivity index (χ0n) is 19.0. The fourth-order valence-electron chi connectivity index (χ4n) is 4.40. The number of hydrogen-bond acceptors (Lipinski definition) is 5. The number of piperazine rings is 1. The number of guanidine groups is 1. The number of aliphatic imine (C=N–C) groups is 1. The smallest absolute Gasteiger partial charge is 0.234 e. The van der Waals surface area contributed by atoms with Gasteiger partial charge in [0.05, 0.1) is 6.54 Å². The van der Waals surface area contributed by atoms with Crippen molar-refractivity contribution in [3.63, 3.8) is 0 Å². The van der Waals surface area contributed by atoms with Crippen molar-refractivity contribution in [1.82, 2.24) is 35.2 Å². The molecule has 4 rings (SSSR count). The molecule has 1 aliphatic carbocycles. The van der Waals surface area contributed by atoms with Crippen LogP contribution in [0, 0.1) is 0 Å². The molecule has 2 N–H and O–H groups in total. The quantitative estimate of drug-likeness (QED) is 0.360. The molecule has 3 aliphatic rings. The number of fused-ring (bicyclic) bond motifs is 1. The molecule has 0 bridgehead atoms. The van der Waals surface area contributed by atoms with E-state index in [2.05, 4.69) is 42.1 Å². The van der Waals surface area contributed by atoms with Crippen molar-refractivity contribution >= 4 is 11.9 Å². The van der Waals surface area contributed by atoms with E-state index in [1.54, 1.807) is 0 Å². The molecular weight excluding hydrogens is 392 g/mol. The predicted octanol–water partition coefficient (Wildman–Crippen LogP) is 0.799. The summed E-state index contributed by atoms with van der Waals surface area (Å²) in [5.74, 6) is 3.44. The Balaban J connectivity index is 1.22. The van der Waals surface area contributed by atoms with Crippen LogP contribution < -0.4 is 10.6 Å². The van der Waals surface area contributed by atoms with Crippen LogP contribution in [-0.2, 0) is 24.2 Å². The molecule has 9 heteroatoms. The summed E-state index contributed by atoms with van der Waals surface area (Å²) in [6.45, 7) is 8.94. The number of nitrogens with one attached hydrogen (secondary N) is 2. The van der Waals surface area contributed by atoms with E-state index < -0.39 is 0 Å². The van der Waals surface area contributed by atoms with Gasteiger partial charge in [0.15, 0.2) is 5.96 Å². The van der Waals surface area contributed by atoms with Crippen LogP contribution in [-0.4, -0.2) is 88.3 Å². The molecule has 2 aliphatic heterocycles. The molecule has 1 saturated heterocycles. The van der Waals surface area contributed by atoms with Crippen LogP contribution in [0.25, 0.3) is 0 Å². The third-order valence-electron chi connectivity index (χ3n) is 6.32. The number of carbonyl (C=O) groups excluding carboxylic acids is 1. The van der Waals surface area contributed by atoms with Crippen molar-refractivity contribution in [3.05, 3.63) is 11.6 Å². The highest BCUT2D eigenvalue weighted by Gasteiger charge is 2.26. The van der Waals surface area contributed by atoms with Gasteiger partial charge in [0.2, 0.25) is 5.91 Å². The van der Waals surface area contributed by atoms with Gasteiger partial charge in [-0.25, -0.2) is 0 Å². The second-order valence-electron chi connectivity index (χ2n) is 8.94. The lowest BCUT2D eigenvalue weighted by Crippen LogP contribution is -2.54. The maximum atomic E-state index is 12.0. The minimum atomic E-state index is 0.169. The van der Waals surface area contributed by atoms with E-state index in [-0.39, 0.29) is 5.91 Å². The fraction of sp³-hybridized carbons (Fsp3) is 0.818. The molecule has 1 aromatic rings. The van der Waals surface area contributed by atoms with Gasteiger partial charge in [0.25, 0.3) is 0 Å². The maximum Gasteiger partial charge on any atom is 0.234 e. The lowest BCUT2D eigenvalue weighted by atomic mass is 10.2. The van der Waals surface area contributed by atoms with Crippen LogP contribution in [0.4, 0.5) is 0 Å². The van der Waals surface area contributed by atoms with E-state index in [9.17, 15) is 4.79 Å². The highest BCUT2D eigenvalue weighted by Crippen LogP contribution is 2.18. The van der Waals surface area contributed by atoms with Crippen molar-refractivity contribution in [2.75, 3.05) is 45.8 Å². The van der Waals surface area contributed by atoms with Crippen molar-refractivity contribution < 1.29 is 4.79 Å². The monoisotopic (exact) mass is 430 g/mol. The average molecular weight is 431 g/mol. The van der Waals surface area contributed by atoms with Gasteiger partial charge in [-0.2, -0.15) is 0 Å². The van der Waals surface area contributed by atoms with Crippen LogP contribution in [0.15, 0.2) is 4.99 Å². The van der Waals surface area contributed by atoms with E-state index >= 15 is 0 Å². The number of nitrogens with zero attached hydrogens (tertiary/aromatic N) is 6. The maximum absolute atomic E-state index is 12.0. The number of carbonyl (C=O) groups is 1. The average Bonchev–Trinajstić information content (AvgIpc) is 3.55. The lowest BCUT2D eigenvalue weighted by molar-refractivity contribution is -0.122. The van der Waals surface area contributed by atoms with Gasteiger partial charge in [-0.3, -0.25) is 14.7 Å². The highest BCUT2D eigenvalue weighted by atomic mass is 16.2. The van der Waals surface area contributed by atoms with E-state index in [4.69, 9.17) is 4.99 Å². The van der Waals surface area contributed by atoms with Gasteiger partial charge >= 0.3 is 0 Å². The third-order valence-corrected chi connectivity index (χ3v) is 6.32. The molecule has 2 fully saturated rings. The number of aryl methyl sites for hydroxylation is 2. The first-order valence-electron chi connectivity index (χ1n) is 12.2. The Morgan fingerprint density at radius 3 is 2.71 bits per heavy atom. The van der Waals surface area contributed by atoms with E-state index in [1.807, 2.05) is 0 Å². The Hall–Kier alpha value is -2.16. The van der Waals surface area contributed by atoms with Crippen LogP contribution in [0.5, 0.6) is 0 Å². The zero-order valence-corrected chi connectivity index (χ0v) is 19.0. The summed E-state index contributed by atoms with van der Waals surface area (Å²) < 4.78 is 2.33. The van der Waals surface area contributed by atoms with Crippen molar-refractivity contribution in [2.45, 2.75) is 70.9 Å². The van der Waals surface area contributed by atoms with Crippen molar-refractivity contribution in [1.29, 1.82) is 0 Å². The molecule has 0 radical (unpaired) electrons. The number of amides is 1. The molecule has 1 saturated carbocycles. The summed E-state index contributed by atoms with van der Waals surface area (Å²) in [7, 11) is 0. The Kier molecular flexibility index (Phi) is 7.77. The summed E-state index contributed by atoms with van der Waals surface area (Å²) in [6.07, 6.45) is 9.00. The van der Waals surface area contributed by atoms with Gasteiger partial charge in [-0.1, -0.05) is 6.42 Å². The molecule has 9 nitrogen and oxygen atoms in total. The number of aromatic nitrogens is 3. The molecule has 0 spiro atoms. The molecule has 1 aromatic heterocycles. The molecule has 31 heavy (non-hydrogen) atoms. The minimum Gasteiger partial charge on any atom is -0.357 e. The van der Waals surface area contributed by atoms with Gasteiger partial charge in [0, 0.05) is 64.7 Å². The minimum absolute atomic E-state index is 0.169. The molecule has 1 amide bonds. The standard InChI is InChI=1S/C22H38N8O/c1-2-23-22(29-15-13-28(14-16-29)17-21(31)25-18-9-10-18)24-11-6-8-20-27-26-19-7-4-3-5-12-30(19)20/h18H,2-17H2,1H3,(H,23,24)(H,25,31). The van der Waals surface area contributed by atoms with E-state index in [0.717, 1.165) is 95.5 Å². The summed E-state index contributed by atoms with van der Waals surface area (Å²) in [5, 5.41) is 15.4. The first-order chi connectivity index (χ1) is 15.2. The predicted molar refractivity (Wildman–Crippen MR) is 121 cm³/mol. The van der Waals surface area contributed by atoms with Crippen LogP contribution in [0.3, 0.4) is 0 Å². The number of rotatable bonds is 8. The van der Waals surface area contributed by atoms with E-state index in [1.165, 1.54) is 19.3 Å². The van der Waals surface area contributed by atoms with Gasteiger partial charge in [-0.05, 0) is 39.0 Å². The summed E-state index contributed by atoms with van der Waals surface area (Å²) in [5.41, 5.74) is 0. The topological polar surface area (TPSA) is 90.7 Å². The molecule has 0 unspecified atom stereocenters. The zero-order chi connectivity index (χ0) is 21.5. The van der Waals surface area contributed by atoms with Crippen LogP contribution >= 0.6 is 0 Å². The van der Waals surface area contributed by atoms with Gasteiger partial charge in [0.1, 0.15) is 11.6 Å². The summed E-state index contributed by atoms with van der Waals surface area (Å²) in [6, 6.07) is 0.439. The molecule has 172 valence electrons. The molecule has 0 atom stereocenters. The van der Waals surface area contributed by atoms with Crippen LogP contribution in [0.2, 0.25) is 0 Å². The first kappa shape index (κ1) is 22.0. The Bertz CT molecular complexity index is 749. The van der Waals surface area contributed by atoms with Crippen molar-refractivity contribution in [3.8, 4) is 0 Å². The Morgan fingerprint density at radius 1 is 1.10 bits per heavy atom. The second-order valence-corrected chi connectivity index (χ2v) is 8.94. The SMILES string of the molecule is CCNC(=NCCCc1nnc2n1CCCCC2)N1CCN(CC(=O)NC2CC2)CC1.